The minimum absolute atomic E-state index is 0.135. The van der Waals surface area contributed by atoms with E-state index in [1.165, 1.54) is 0 Å². The zero-order chi connectivity index (χ0) is 20.9. The van der Waals surface area contributed by atoms with Gasteiger partial charge in [0, 0.05) is 30.7 Å². The van der Waals surface area contributed by atoms with Crippen molar-refractivity contribution in [2.45, 2.75) is 32.7 Å². The SMILES string of the molecule is CCCCN(Cc1ccn(C)n1)C(=O)Cc1c(-c2ccccc2)[nH]c2ccccc12. The predicted octanol–water partition coefficient (Wildman–Crippen LogP) is 4.94. The molecule has 0 saturated heterocycles. The van der Waals surface area contributed by atoms with E-state index in [4.69, 9.17) is 0 Å². The Kier molecular flexibility index (Phi) is 5.98. The minimum atomic E-state index is 0.135. The minimum Gasteiger partial charge on any atom is -0.354 e. The lowest BCUT2D eigenvalue weighted by Gasteiger charge is -2.22. The molecule has 0 aliphatic heterocycles. The third kappa shape index (κ3) is 4.30. The molecule has 0 fully saturated rings. The number of hydrogen-bond donors (Lipinski definition) is 1. The molecule has 0 aliphatic carbocycles. The average molecular weight is 401 g/mol. The summed E-state index contributed by atoms with van der Waals surface area (Å²) in [5.74, 6) is 0.135. The van der Waals surface area contributed by atoms with E-state index in [0.29, 0.717) is 13.0 Å². The van der Waals surface area contributed by atoms with E-state index < -0.39 is 0 Å². The zero-order valence-corrected chi connectivity index (χ0v) is 17.6. The summed E-state index contributed by atoms with van der Waals surface area (Å²) < 4.78 is 1.78. The first-order chi connectivity index (χ1) is 14.7. The van der Waals surface area contributed by atoms with Gasteiger partial charge in [0.05, 0.1) is 24.4 Å². The Morgan fingerprint density at radius 1 is 1.07 bits per heavy atom. The molecule has 0 aliphatic rings. The van der Waals surface area contributed by atoms with E-state index in [0.717, 1.165) is 52.8 Å². The normalized spacial score (nSPS) is 11.1. The van der Waals surface area contributed by atoms with Gasteiger partial charge in [0.2, 0.25) is 5.91 Å². The van der Waals surface area contributed by atoms with Gasteiger partial charge in [-0.2, -0.15) is 5.10 Å². The first kappa shape index (κ1) is 20.0. The highest BCUT2D eigenvalue weighted by Crippen LogP contribution is 2.31. The fourth-order valence-electron chi connectivity index (χ4n) is 3.88. The number of carbonyl (C=O) groups is 1. The molecule has 30 heavy (non-hydrogen) atoms. The number of unbranched alkanes of at least 4 members (excludes halogenated alkanes) is 1. The molecule has 2 aromatic carbocycles. The second-order valence-corrected chi connectivity index (χ2v) is 7.72. The van der Waals surface area contributed by atoms with E-state index >= 15 is 0 Å². The molecule has 0 saturated carbocycles. The van der Waals surface area contributed by atoms with Gasteiger partial charge in [-0.25, -0.2) is 0 Å². The summed E-state index contributed by atoms with van der Waals surface area (Å²) in [6, 6.07) is 20.4. The van der Waals surface area contributed by atoms with Crippen LogP contribution in [0.5, 0.6) is 0 Å². The van der Waals surface area contributed by atoms with Crippen LogP contribution in [0, 0.1) is 0 Å². The maximum atomic E-state index is 13.4. The highest BCUT2D eigenvalue weighted by molar-refractivity contribution is 5.95. The molecule has 2 aromatic heterocycles. The summed E-state index contributed by atoms with van der Waals surface area (Å²) in [5.41, 5.74) is 5.16. The van der Waals surface area contributed by atoms with Crippen molar-refractivity contribution in [2.75, 3.05) is 6.54 Å². The third-order valence-electron chi connectivity index (χ3n) is 5.46. The number of hydrogen-bond acceptors (Lipinski definition) is 2. The molecule has 0 spiro atoms. The molecule has 0 unspecified atom stereocenters. The molecule has 5 nitrogen and oxygen atoms in total. The Morgan fingerprint density at radius 2 is 1.83 bits per heavy atom. The lowest BCUT2D eigenvalue weighted by Crippen LogP contribution is -2.33. The number of amides is 1. The number of H-pyrrole nitrogens is 1. The van der Waals surface area contributed by atoms with E-state index in [-0.39, 0.29) is 5.91 Å². The molecule has 4 aromatic rings. The molecule has 0 radical (unpaired) electrons. The predicted molar refractivity (Wildman–Crippen MR) is 121 cm³/mol. The number of aryl methyl sites for hydroxylation is 1. The van der Waals surface area contributed by atoms with Gasteiger partial charge in [-0.05, 0) is 29.7 Å². The molecular weight excluding hydrogens is 372 g/mol. The maximum absolute atomic E-state index is 13.4. The number of aromatic nitrogens is 3. The molecule has 1 N–H and O–H groups in total. The second kappa shape index (κ2) is 8.99. The first-order valence-corrected chi connectivity index (χ1v) is 10.6. The van der Waals surface area contributed by atoms with Crippen molar-refractivity contribution < 1.29 is 4.79 Å². The van der Waals surface area contributed by atoms with Crippen LogP contribution in [-0.2, 0) is 24.8 Å². The Hall–Kier alpha value is -3.34. The smallest absolute Gasteiger partial charge is 0.227 e. The number of carbonyl (C=O) groups excluding carboxylic acids is 1. The van der Waals surface area contributed by atoms with Crippen molar-refractivity contribution in [1.29, 1.82) is 0 Å². The Balaban J connectivity index is 1.66. The van der Waals surface area contributed by atoms with Gasteiger partial charge in [0.1, 0.15) is 0 Å². The van der Waals surface area contributed by atoms with Gasteiger partial charge in [-0.3, -0.25) is 9.48 Å². The number of para-hydroxylation sites is 1. The highest BCUT2D eigenvalue weighted by Gasteiger charge is 2.20. The van der Waals surface area contributed by atoms with Crippen LogP contribution >= 0.6 is 0 Å². The molecule has 0 bridgehead atoms. The Labute approximate surface area is 177 Å². The van der Waals surface area contributed by atoms with Crippen molar-refractivity contribution in [2.24, 2.45) is 7.05 Å². The van der Waals surface area contributed by atoms with Gasteiger partial charge >= 0.3 is 0 Å². The Morgan fingerprint density at radius 3 is 2.57 bits per heavy atom. The lowest BCUT2D eigenvalue weighted by molar-refractivity contribution is -0.131. The fourth-order valence-corrected chi connectivity index (χ4v) is 3.88. The van der Waals surface area contributed by atoms with Crippen LogP contribution < -0.4 is 0 Å². The lowest BCUT2D eigenvalue weighted by atomic mass is 10.0. The van der Waals surface area contributed by atoms with E-state index in [1.807, 2.05) is 54.5 Å². The fraction of sp³-hybridized carbons (Fsp3) is 0.280. The first-order valence-electron chi connectivity index (χ1n) is 10.6. The van der Waals surface area contributed by atoms with Gasteiger partial charge in [-0.15, -0.1) is 0 Å². The molecule has 154 valence electrons. The molecule has 0 atom stereocenters. The van der Waals surface area contributed by atoms with Gasteiger partial charge in [-0.1, -0.05) is 61.9 Å². The van der Waals surface area contributed by atoms with Crippen LogP contribution in [0.25, 0.3) is 22.2 Å². The van der Waals surface area contributed by atoms with Crippen LogP contribution in [-0.4, -0.2) is 32.1 Å². The van der Waals surface area contributed by atoms with Crippen LogP contribution in [0.2, 0.25) is 0 Å². The summed E-state index contributed by atoms with van der Waals surface area (Å²) in [5, 5.41) is 5.58. The number of benzene rings is 2. The average Bonchev–Trinajstić information content (AvgIpc) is 3.35. The summed E-state index contributed by atoms with van der Waals surface area (Å²) in [7, 11) is 1.90. The van der Waals surface area contributed by atoms with Crippen LogP contribution in [0.3, 0.4) is 0 Å². The van der Waals surface area contributed by atoms with Gasteiger partial charge in [0.25, 0.3) is 0 Å². The van der Waals surface area contributed by atoms with E-state index in [2.05, 4.69) is 41.3 Å². The van der Waals surface area contributed by atoms with Crippen molar-refractivity contribution >= 4 is 16.8 Å². The molecule has 1 amide bonds. The number of rotatable bonds is 8. The van der Waals surface area contributed by atoms with Crippen molar-refractivity contribution in [1.82, 2.24) is 19.7 Å². The van der Waals surface area contributed by atoms with Crippen LogP contribution in [0.1, 0.15) is 31.0 Å². The van der Waals surface area contributed by atoms with Gasteiger partial charge < -0.3 is 9.88 Å². The second-order valence-electron chi connectivity index (χ2n) is 7.72. The van der Waals surface area contributed by atoms with Crippen molar-refractivity contribution in [3.05, 3.63) is 78.1 Å². The number of aromatic amines is 1. The monoisotopic (exact) mass is 400 g/mol. The summed E-state index contributed by atoms with van der Waals surface area (Å²) in [6.45, 7) is 3.44. The number of nitrogens with one attached hydrogen (secondary N) is 1. The molecule has 4 rings (SSSR count). The van der Waals surface area contributed by atoms with E-state index in [9.17, 15) is 4.79 Å². The van der Waals surface area contributed by atoms with Crippen LogP contribution in [0.15, 0.2) is 66.9 Å². The molecule has 5 heteroatoms. The summed E-state index contributed by atoms with van der Waals surface area (Å²) >= 11 is 0. The summed E-state index contributed by atoms with van der Waals surface area (Å²) in [6.07, 6.45) is 4.32. The topological polar surface area (TPSA) is 53.9 Å². The molecule has 2 heterocycles. The molecular formula is C25H28N4O. The quantitative estimate of drug-likeness (QED) is 0.455. The highest BCUT2D eigenvalue weighted by atomic mass is 16.2. The largest absolute Gasteiger partial charge is 0.354 e. The van der Waals surface area contributed by atoms with Crippen molar-refractivity contribution in [3.63, 3.8) is 0 Å². The van der Waals surface area contributed by atoms with Gasteiger partial charge in [0.15, 0.2) is 0 Å². The maximum Gasteiger partial charge on any atom is 0.227 e. The Bertz CT molecular complexity index is 1130. The van der Waals surface area contributed by atoms with Crippen molar-refractivity contribution in [3.8, 4) is 11.3 Å². The number of fused-ring (bicyclic) bond motifs is 1. The zero-order valence-electron chi connectivity index (χ0n) is 17.6. The summed E-state index contributed by atoms with van der Waals surface area (Å²) in [4.78, 5) is 18.9. The third-order valence-corrected chi connectivity index (χ3v) is 5.46. The standard InChI is InChI=1S/C25H28N4O/c1-3-4-15-29(18-20-14-16-28(2)27-20)24(30)17-22-21-12-8-9-13-23(21)26-25(22)19-10-6-5-7-11-19/h5-14,16,26H,3-4,15,17-18H2,1-2H3. The van der Waals surface area contributed by atoms with Crippen LogP contribution in [0.4, 0.5) is 0 Å². The van der Waals surface area contributed by atoms with E-state index in [1.54, 1.807) is 4.68 Å². The number of nitrogens with zero attached hydrogens (tertiary/aromatic N) is 3.